The quantitative estimate of drug-likeness (QED) is 0.553. The van der Waals surface area contributed by atoms with Gasteiger partial charge < -0.3 is 14.8 Å². The van der Waals surface area contributed by atoms with Gasteiger partial charge in [0.25, 0.3) is 5.56 Å². The van der Waals surface area contributed by atoms with E-state index < -0.39 is 5.69 Å². The Morgan fingerprint density at radius 1 is 1.06 bits per heavy atom. The molecule has 0 fully saturated rings. The van der Waals surface area contributed by atoms with Crippen molar-refractivity contribution in [2.75, 3.05) is 20.8 Å². The topological polar surface area (TPSA) is 91.6 Å². The minimum absolute atomic E-state index is 0.165. The first-order chi connectivity index (χ1) is 15.4. The molecular weight excluding hydrogens is 410 g/mol. The summed E-state index contributed by atoms with van der Waals surface area (Å²) in [7, 11) is 3.15. The van der Waals surface area contributed by atoms with Crippen LogP contribution < -0.4 is 26.0 Å². The molecule has 0 unspecified atom stereocenters. The van der Waals surface area contributed by atoms with Crippen LogP contribution in [-0.4, -0.2) is 35.8 Å². The lowest BCUT2D eigenvalue weighted by atomic mass is 10.1. The van der Waals surface area contributed by atoms with E-state index in [0.717, 1.165) is 5.56 Å². The van der Waals surface area contributed by atoms with Crippen molar-refractivity contribution in [2.45, 2.75) is 39.3 Å². The number of aromatic nitrogens is 2. The molecular formula is C24H29N3O5. The third kappa shape index (κ3) is 4.69. The molecule has 0 radical (unpaired) electrons. The zero-order chi connectivity index (χ0) is 23.3. The Kier molecular flexibility index (Phi) is 7.35. The van der Waals surface area contributed by atoms with Crippen molar-refractivity contribution in [3.05, 3.63) is 68.9 Å². The van der Waals surface area contributed by atoms with Gasteiger partial charge in [-0.25, -0.2) is 4.79 Å². The first-order valence-electron chi connectivity index (χ1n) is 10.6. The number of nitrogens with zero attached hydrogens (tertiary/aromatic N) is 2. The molecule has 0 aliphatic rings. The van der Waals surface area contributed by atoms with Crippen molar-refractivity contribution in [1.82, 2.24) is 14.5 Å². The Morgan fingerprint density at radius 2 is 1.78 bits per heavy atom. The highest BCUT2D eigenvalue weighted by molar-refractivity contribution is 5.81. The van der Waals surface area contributed by atoms with Gasteiger partial charge in [-0.1, -0.05) is 25.1 Å². The van der Waals surface area contributed by atoms with Gasteiger partial charge in [0.2, 0.25) is 5.91 Å². The maximum atomic E-state index is 13.1. The molecule has 0 aliphatic carbocycles. The van der Waals surface area contributed by atoms with Crippen LogP contribution in [-0.2, 0) is 17.8 Å². The molecule has 32 heavy (non-hydrogen) atoms. The van der Waals surface area contributed by atoms with E-state index >= 15 is 0 Å². The fourth-order valence-corrected chi connectivity index (χ4v) is 3.65. The van der Waals surface area contributed by atoms with Crippen molar-refractivity contribution in [3.63, 3.8) is 0 Å². The second-order valence-electron chi connectivity index (χ2n) is 7.61. The Balaban J connectivity index is 1.79. The summed E-state index contributed by atoms with van der Waals surface area (Å²) in [5.41, 5.74) is 0.635. The lowest BCUT2D eigenvalue weighted by Crippen LogP contribution is -2.44. The van der Waals surface area contributed by atoms with Crippen LogP contribution in [0.25, 0.3) is 10.9 Å². The monoisotopic (exact) mass is 439 g/mol. The average Bonchev–Trinajstić information content (AvgIpc) is 2.81. The molecule has 1 heterocycles. The van der Waals surface area contributed by atoms with Crippen LogP contribution >= 0.6 is 0 Å². The van der Waals surface area contributed by atoms with Crippen molar-refractivity contribution >= 4 is 16.8 Å². The molecule has 170 valence electrons. The summed E-state index contributed by atoms with van der Waals surface area (Å²) < 4.78 is 13.2. The number of rotatable bonds is 9. The maximum absolute atomic E-state index is 13.1. The second-order valence-corrected chi connectivity index (χ2v) is 7.61. The maximum Gasteiger partial charge on any atom is 0.332 e. The number of methoxy groups -OCH3 is 2. The molecule has 0 bridgehead atoms. The van der Waals surface area contributed by atoms with E-state index in [1.54, 1.807) is 38.5 Å². The SMILES string of the molecule is CC[C@H](C)n1c(=O)c2ccccc2n(CC(=O)NCCc2ccc(OC)c(OC)c2)c1=O. The summed E-state index contributed by atoms with van der Waals surface area (Å²) in [5.74, 6) is 0.969. The van der Waals surface area contributed by atoms with E-state index in [1.807, 2.05) is 32.0 Å². The standard InChI is InChI=1S/C24H29N3O5/c1-5-16(2)27-23(29)18-8-6-7-9-19(18)26(24(27)30)15-22(28)25-13-12-17-10-11-20(31-3)21(14-17)32-4/h6-11,14,16H,5,12-13,15H2,1-4H3,(H,25,28)/t16-/m0/s1. The van der Waals surface area contributed by atoms with Gasteiger partial charge in [-0.05, 0) is 49.6 Å². The minimum Gasteiger partial charge on any atom is -0.493 e. The number of amides is 1. The summed E-state index contributed by atoms with van der Waals surface area (Å²) in [6.07, 6.45) is 1.22. The molecule has 3 rings (SSSR count). The Morgan fingerprint density at radius 3 is 2.47 bits per heavy atom. The van der Waals surface area contributed by atoms with Gasteiger partial charge in [0.1, 0.15) is 6.54 Å². The van der Waals surface area contributed by atoms with Gasteiger partial charge >= 0.3 is 5.69 Å². The van der Waals surface area contributed by atoms with Gasteiger partial charge in [0.05, 0.1) is 25.1 Å². The molecule has 8 nitrogen and oxygen atoms in total. The van der Waals surface area contributed by atoms with E-state index in [1.165, 1.54) is 9.13 Å². The van der Waals surface area contributed by atoms with Crippen LogP contribution in [0.4, 0.5) is 0 Å². The summed E-state index contributed by atoms with van der Waals surface area (Å²) in [5, 5.41) is 3.28. The molecule has 1 amide bonds. The number of para-hydroxylation sites is 1. The Hall–Kier alpha value is -3.55. The Bertz CT molecular complexity index is 1230. The van der Waals surface area contributed by atoms with Crippen LogP contribution in [0.1, 0.15) is 31.9 Å². The number of carbonyl (C=O) groups excluding carboxylic acids is 1. The van der Waals surface area contributed by atoms with Gasteiger partial charge in [-0.2, -0.15) is 0 Å². The number of benzene rings is 2. The lowest BCUT2D eigenvalue weighted by Gasteiger charge is -2.17. The summed E-state index contributed by atoms with van der Waals surface area (Å²) in [6, 6.07) is 12.2. The largest absolute Gasteiger partial charge is 0.493 e. The van der Waals surface area contributed by atoms with Gasteiger partial charge in [0.15, 0.2) is 11.5 Å². The minimum atomic E-state index is -0.474. The molecule has 0 aliphatic heterocycles. The first kappa shape index (κ1) is 23.1. The highest BCUT2D eigenvalue weighted by Crippen LogP contribution is 2.27. The highest BCUT2D eigenvalue weighted by Gasteiger charge is 2.17. The third-order valence-electron chi connectivity index (χ3n) is 5.60. The molecule has 0 saturated carbocycles. The fourth-order valence-electron chi connectivity index (χ4n) is 3.65. The van der Waals surface area contributed by atoms with Crippen molar-refractivity contribution in [3.8, 4) is 11.5 Å². The van der Waals surface area contributed by atoms with Crippen LogP contribution in [0.2, 0.25) is 0 Å². The predicted molar refractivity (Wildman–Crippen MR) is 124 cm³/mol. The summed E-state index contributed by atoms with van der Waals surface area (Å²) in [4.78, 5) is 38.6. The molecule has 1 aromatic heterocycles. The van der Waals surface area contributed by atoms with E-state index in [2.05, 4.69) is 5.32 Å². The molecule has 0 saturated heterocycles. The second kappa shape index (κ2) is 10.2. The normalized spacial score (nSPS) is 11.9. The van der Waals surface area contributed by atoms with Crippen LogP contribution in [0.15, 0.2) is 52.1 Å². The summed E-state index contributed by atoms with van der Waals surface area (Å²) >= 11 is 0. The zero-order valence-corrected chi connectivity index (χ0v) is 18.9. The van der Waals surface area contributed by atoms with E-state index in [9.17, 15) is 14.4 Å². The molecule has 1 atom stereocenters. The zero-order valence-electron chi connectivity index (χ0n) is 18.9. The van der Waals surface area contributed by atoms with Crippen molar-refractivity contribution < 1.29 is 14.3 Å². The third-order valence-corrected chi connectivity index (χ3v) is 5.60. The smallest absolute Gasteiger partial charge is 0.332 e. The lowest BCUT2D eigenvalue weighted by molar-refractivity contribution is -0.121. The number of carbonyl (C=O) groups is 1. The molecule has 0 spiro atoms. The average molecular weight is 440 g/mol. The van der Waals surface area contributed by atoms with Crippen molar-refractivity contribution in [1.29, 1.82) is 0 Å². The highest BCUT2D eigenvalue weighted by atomic mass is 16.5. The molecule has 2 aromatic carbocycles. The van der Waals surface area contributed by atoms with E-state index in [0.29, 0.717) is 41.8 Å². The number of hydrogen-bond donors (Lipinski definition) is 1. The Labute approximate surface area is 186 Å². The van der Waals surface area contributed by atoms with E-state index in [4.69, 9.17) is 9.47 Å². The number of hydrogen-bond acceptors (Lipinski definition) is 5. The van der Waals surface area contributed by atoms with Crippen LogP contribution in [0.5, 0.6) is 11.5 Å². The van der Waals surface area contributed by atoms with E-state index in [-0.39, 0.29) is 24.1 Å². The number of ether oxygens (including phenoxy) is 2. The molecule has 1 N–H and O–H groups in total. The number of fused-ring (bicyclic) bond motifs is 1. The first-order valence-corrected chi connectivity index (χ1v) is 10.6. The summed E-state index contributed by atoms with van der Waals surface area (Å²) in [6.45, 7) is 3.97. The van der Waals surface area contributed by atoms with Crippen LogP contribution in [0.3, 0.4) is 0 Å². The van der Waals surface area contributed by atoms with Gasteiger partial charge in [0, 0.05) is 12.6 Å². The van der Waals surface area contributed by atoms with Crippen molar-refractivity contribution in [2.24, 2.45) is 0 Å². The number of nitrogens with one attached hydrogen (secondary N) is 1. The molecule has 8 heteroatoms. The molecule has 3 aromatic rings. The predicted octanol–water partition coefficient (Wildman–Crippen LogP) is 2.51. The van der Waals surface area contributed by atoms with Gasteiger partial charge in [-0.15, -0.1) is 0 Å². The van der Waals surface area contributed by atoms with Crippen LogP contribution in [0, 0.1) is 0 Å². The van der Waals surface area contributed by atoms with Gasteiger partial charge in [-0.3, -0.25) is 18.7 Å². The fraction of sp³-hybridized carbons (Fsp3) is 0.375.